The Kier molecular flexibility index (Phi) is 15.9. The Bertz CT molecular complexity index is 501. The summed E-state index contributed by atoms with van der Waals surface area (Å²) in [6.45, 7) is 11.0. The number of unbranched alkanes of at least 4 members (excludes halogenated alkanes) is 10. The van der Waals surface area contributed by atoms with Gasteiger partial charge < -0.3 is 24.0 Å². The molecule has 1 saturated heterocycles. The molecule has 0 unspecified atom stereocenters. The summed E-state index contributed by atoms with van der Waals surface area (Å²) in [5.41, 5.74) is 0. The zero-order chi connectivity index (χ0) is 20.8. The van der Waals surface area contributed by atoms with Crippen molar-refractivity contribution in [1.82, 2.24) is 9.80 Å². The van der Waals surface area contributed by atoms with Crippen LogP contribution >= 0.6 is 7.26 Å². The van der Waals surface area contributed by atoms with E-state index in [0.29, 0.717) is 0 Å². The van der Waals surface area contributed by atoms with Gasteiger partial charge in [-0.05, 0) is 25.0 Å². The summed E-state index contributed by atoms with van der Waals surface area (Å²) in [6, 6.07) is 11.4. The molecular weight excluding hydrogens is 498 g/mol. The third-order valence-corrected chi connectivity index (χ3v) is 10.1. The normalized spacial score (nSPS) is 17.0. The average Bonchev–Trinajstić information content (AvgIpc) is 2.73. The monoisotopic (exact) mass is 546 g/mol. The summed E-state index contributed by atoms with van der Waals surface area (Å²) < 4.78 is 0. The van der Waals surface area contributed by atoms with Crippen molar-refractivity contribution in [1.29, 1.82) is 0 Å². The Labute approximate surface area is 205 Å². The molecule has 0 radical (unpaired) electrons. The Morgan fingerprint density at radius 1 is 0.667 bits per heavy atom. The molecule has 0 aromatic heterocycles. The molecule has 1 aromatic carbocycles. The summed E-state index contributed by atoms with van der Waals surface area (Å²) in [6.07, 6.45) is 19.4. The molecule has 1 aromatic rings. The summed E-state index contributed by atoms with van der Waals surface area (Å²) in [4.78, 5) is 5.59. The lowest BCUT2D eigenvalue weighted by atomic mass is 10.1. The quantitative estimate of drug-likeness (QED) is 0.185. The van der Waals surface area contributed by atoms with Gasteiger partial charge in [0.05, 0.1) is 25.9 Å². The maximum absolute atomic E-state index is 2.79. The lowest BCUT2D eigenvalue weighted by Crippen LogP contribution is -3.00. The van der Waals surface area contributed by atoms with Crippen molar-refractivity contribution in [2.24, 2.45) is 0 Å². The maximum atomic E-state index is 2.79. The highest BCUT2D eigenvalue weighted by Gasteiger charge is 2.42. The van der Waals surface area contributed by atoms with Crippen molar-refractivity contribution in [3.63, 3.8) is 0 Å². The fourth-order valence-electron chi connectivity index (χ4n) is 4.77. The molecule has 1 aliphatic heterocycles. The van der Waals surface area contributed by atoms with Gasteiger partial charge in [0.1, 0.15) is 12.6 Å². The SMILES string of the molecule is CCCCCCCCN1CN(CCCCCCCC)C[P+](C)(c2ccccc2)C1.[I-]. The predicted molar refractivity (Wildman–Crippen MR) is 134 cm³/mol. The van der Waals surface area contributed by atoms with Gasteiger partial charge in [-0.3, -0.25) is 9.80 Å². The van der Waals surface area contributed by atoms with Crippen LogP contribution in [0.1, 0.15) is 90.9 Å². The molecule has 0 saturated carbocycles. The van der Waals surface area contributed by atoms with E-state index >= 15 is 0 Å². The van der Waals surface area contributed by atoms with Crippen molar-refractivity contribution >= 4 is 12.6 Å². The number of halogens is 1. The van der Waals surface area contributed by atoms with Gasteiger partial charge in [-0.15, -0.1) is 0 Å². The molecule has 0 spiro atoms. The molecule has 174 valence electrons. The van der Waals surface area contributed by atoms with Gasteiger partial charge in [0.25, 0.3) is 0 Å². The van der Waals surface area contributed by atoms with Crippen LogP contribution in [0.5, 0.6) is 0 Å². The first-order valence-corrected chi connectivity index (χ1v) is 15.1. The number of hydrogen-bond donors (Lipinski definition) is 0. The fraction of sp³-hybridized carbons (Fsp3) is 0.769. The molecule has 0 aliphatic carbocycles. The van der Waals surface area contributed by atoms with E-state index in [9.17, 15) is 0 Å². The Morgan fingerprint density at radius 3 is 1.57 bits per heavy atom. The third-order valence-electron chi connectivity index (χ3n) is 6.46. The highest BCUT2D eigenvalue weighted by Crippen LogP contribution is 2.56. The van der Waals surface area contributed by atoms with Crippen molar-refractivity contribution in [2.75, 3.05) is 39.0 Å². The highest BCUT2D eigenvalue weighted by molar-refractivity contribution is 7.82. The highest BCUT2D eigenvalue weighted by atomic mass is 127. The Morgan fingerprint density at radius 2 is 1.10 bits per heavy atom. The maximum Gasteiger partial charge on any atom is 0.118 e. The summed E-state index contributed by atoms with van der Waals surface area (Å²) in [7, 11) is -1.11. The van der Waals surface area contributed by atoms with E-state index in [4.69, 9.17) is 0 Å². The lowest BCUT2D eigenvalue weighted by molar-refractivity contribution is -0.00000642. The van der Waals surface area contributed by atoms with Crippen LogP contribution in [0.3, 0.4) is 0 Å². The van der Waals surface area contributed by atoms with Gasteiger partial charge in [0.2, 0.25) is 0 Å². The largest absolute Gasteiger partial charge is 1.00 e. The first kappa shape index (κ1) is 28.3. The minimum atomic E-state index is -1.11. The van der Waals surface area contributed by atoms with Crippen LogP contribution in [0.4, 0.5) is 0 Å². The fourth-order valence-corrected chi connectivity index (χ4v) is 8.30. The summed E-state index contributed by atoms with van der Waals surface area (Å²) in [5, 5.41) is 1.63. The van der Waals surface area contributed by atoms with Crippen molar-refractivity contribution in [3.05, 3.63) is 30.3 Å². The van der Waals surface area contributed by atoms with E-state index in [2.05, 4.69) is 60.6 Å². The van der Waals surface area contributed by atoms with Crippen LogP contribution in [-0.2, 0) is 0 Å². The molecule has 4 heteroatoms. The average molecular weight is 547 g/mol. The second-order valence-electron chi connectivity index (χ2n) is 9.48. The zero-order valence-electron chi connectivity index (χ0n) is 20.1. The second kappa shape index (κ2) is 16.9. The number of hydrogen-bond acceptors (Lipinski definition) is 2. The molecule has 0 amide bonds. The molecular formula is C26H48IN2P. The summed E-state index contributed by atoms with van der Waals surface area (Å²) >= 11 is 0. The molecule has 1 heterocycles. The van der Waals surface area contributed by atoms with Gasteiger partial charge in [0, 0.05) is 13.1 Å². The third kappa shape index (κ3) is 10.7. The first-order valence-electron chi connectivity index (χ1n) is 12.5. The van der Waals surface area contributed by atoms with E-state index in [0.717, 1.165) is 0 Å². The van der Waals surface area contributed by atoms with Crippen molar-refractivity contribution < 1.29 is 24.0 Å². The number of nitrogens with zero attached hydrogens (tertiary/aromatic N) is 2. The molecule has 2 rings (SSSR count). The van der Waals surface area contributed by atoms with Gasteiger partial charge in [0.15, 0.2) is 0 Å². The van der Waals surface area contributed by atoms with E-state index in [1.807, 2.05) is 0 Å². The number of benzene rings is 1. The van der Waals surface area contributed by atoms with Gasteiger partial charge >= 0.3 is 0 Å². The van der Waals surface area contributed by atoms with Gasteiger partial charge in [-0.2, -0.15) is 0 Å². The van der Waals surface area contributed by atoms with Gasteiger partial charge in [-0.1, -0.05) is 96.3 Å². The minimum Gasteiger partial charge on any atom is -1.00 e. The lowest BCUT2D eigenvalue weighted by Gasteiger charge is -2.41. The predicted octanol–water partition coefficient (Wildman–Crippen LogP) is 4.17. The standard InChI is InChI=1S/C26H48N2P.HI/c1-4-6-8-10-12-17-21-27-23-28(22-18-13-11-9-7-5-2)25-29(3,24-27)26-19-15-14-16-20-26;/h14-16,19-20H,4-13,17-18,21-25H2,1-3H3;1H/q+1;/p-1. The van der Waals surface area contributed by atoms with Crippen LogP contribution in [-0.4, -0.2) is 48.8 Å². The topological polar surface area (TPSA) is 6.48 Å². The molecule has 0 bridgehead atoms. The van der Waals surface area contributed by atoms with E-state index in [1.165, 1.54) is 109 Å². The first-order chi connectivity index (χ1) is 14.2. The Balaban J connectivity index is 0.00000450. The molecule has 0 atom stereocenters. The molecule has 0 N–H and O–H groups in total. The second-order valence-corrected chi connectivity index (χ2v) is 13.4. The van der Waals surface area contributed by atoms with Crippen molar-refractivity contribution in [3.8, 4) is 0 Å². The minimum absolute atomic E-state index is 0. The molecule has 1 fully saturated rings. The van der Waals surface area contributed by atoms with E-state index in [-0.39, 0.29) is 24.0 Å². The van der Waals surface area contributed by atoms with Crippen LogP contribution in [0.15, 0.2) is 30.3 Å². The Hall–Kier alpha value is 0.300. The molecule has 2 nitrogen and oxygen atoms in total. The molecule has 30 heavy (non-hydrogen) atoms. The van der Waals surface area contributed by atoms with E-state index < -0.39 is 7.26 Å². The van der Waals surface area contributed by atoms with Crippen molar-refractivity contribution in [2.45, 2.75) is 90.9 Å². The zero-order valence-corrected chi connectivity index (χ0v) is 23.2. The van der Waals surface area contributed by atoms with Crippen LogP contribution in [0.2, 0.25) is 0 Å². The van der Waals surface area contributed by atoms with Gasteiger partial charge in [-0.25, -0.2) is 0 Å². The summed E-state index contributed by atoms with van der Waals surface area (Å²) in [5.74, 6) is 0. The molecule has 1 aliphatic rings. The van der Waals surface area contributed by atoms with Crippen LogP contribution in [0.25, 0.3) is 0 Å². The smallest absolute Gasteiger partial charge is 0.118 e. The number of rotatable bonds is 15. The van der Waals surface area contributed by atoms with E-state index in [1.54, 1.807) is 5.30 Å². The van der Waals surface area contributed by atoms with Crippen LogP contribution < -0.4 is 29.3 Å². The van der Waals surface area contributed by atoms with Crippen LogP contribution in [0, 0.1) is 0 Å².